The van der Waals surface area contributed by atoms with Crippen LogP contribution in [0.3, 0.4) is 0 Å². The number of aliphatic hydroxyl groups is 1. The van der Waals surface area contributed by atoms with E-state index in [1.165, 1.54) is 5.48 Å². The van der Waals surface area contributed by atoms with Gasteiger partial charge in [-0.15, -0.1) is 0 Å². The standard InChI is InChI=1S/C25H33N3O5.C2H6/c1-25(2,3)21(24(32)26-18-14-8-5-9-15-18)27-22(30)19(20(29)23(31)28-33)16-10-13-17-11-6-4-7-12-17;1-2/h4-9,11-12,14-15,19-21,29,33H,10,13,16H2,1-3H3,(H,26,32)(H,27,30)(H,28,31);1-2H3/t19?,20?,21-;/m1./s1. The lowest BCUT2D eigenvalue weighted by molar-refractivity contribution is -0.147. The van der Waals surface area contributed by atoms with Crippen LogP contribution in [0.15, 0.2) is 60.7 Å². The Balaban J connectivity index is 0.00000298. The molecule has 2 rings (SSSR count). The van der Waals surface area contributed by atoms with E-state index in [1.807, 2.05) is 71.0 Å². The van der Waals surface area contributed by atoms with Gasteiger partial charge in [0.2, 0.25) is 11.8 Å². The van der Waals surface area contributed by atoms with Crippen molar-refractivity contribution in [2.45, 2.75) is 66.0 Å². The number of benzene rings is 2. The number of aliphatic hydroxyl groups excluding tert-OH is 1. The van der Waals surface area contributed by atoms with Gasteiger partial charge in [-0.2, -0.15) is 0 Å². The Labute approximate surface area is 208 Å². The van der Waals surface area contributed by atoms with E-state index in [2.05, 4.69) is 10.6 Å². The molecule has 192 valence electrons. The van der Waals surface area contributed by atoms with Gasteiger partial charge in [-0.25, -0.2) is 5.48 Å². The second kappa shape index (κ2) is 14.9. The fourth-order valence-corrected chi connectivity index (χ4v) is 3.51. The molecule has 2 unspecified atom stereocenters. The molecule has 0 aliphatic carbocycles. The zero-order valence-electron chi connectivity index (χ0n) is 21.2. The molecule has 0 saturated carbocycles. The van der Waals surface area contributed by atoms with Gasteiger partial charge in [0.25, 0.3) is 5.91 Å². The van der Waals surface area contributed by atoms with Crippen LogP contribution in [-0.4, -0.2) is 40.2 Å². The maximum Gasteiger partial charge on any atom is 0.272 e. The summed E-state index contributed by atoms with van der Waals surface area (Å²) in [5, 5.41) is 24.8. The average Bonchev–Trinajstić information content (AvgIpc) is 2.85. The highest BCUT2D eigenvalue weighted by atomic mass is 16.5. The fourth-order valence-electron chi connectivity index (χ4n) is 3.51. The third-order valence-corrected chi connectivity index (χ3v) is 5.38. The number of carbonyl (C=O) groups excluding carboxylic acids is 3. The first-order chi connectivity index (χ1) is 16.6. The van der Waals surface area contributed by atoms with Crippen LogP contribution in [0.2, 0.25) is 0 Å². The van der Waals surface area contributed by atoms with E-state index in [0.717, 1.165) is 5.56 Å². The molecular weight excluding hydrogens is 446 g/mol. The zero-order chi connectivity index (χ0) is 26.4. The molecule has 0 aliphatic heterocycles. The highest BCUT2D eigenvalue weighted by molar-refractivity contribution is 5.98. The van der Waals surface area contributed by atoms with Crippen molar-refractivity contribution in [3.8, 4) is 0 Å². The lowest BCUT2D eigenvalue weighted by atomic mass is 9.85. The van der Waals surface area contributed by atoms with Crippen molar-refractivity contribution >= 4 is 23.4 Å². The first kappa shape index (κ1) is 29.8. The van der Waals surface area contributed by atoms with Crippen LogP contribution < -0.4 is 16.1 Å². The number of para-hydroxylation sites is 1. The number of hydroxylamine groups is 1. The summed E-state index contributed by atoms with van der Waals surface area (Å²) < 4.78 is 0. The molecule has 0 aromatic heterocycles. The number of carbonyl (C=O) groups is 3. The Morgan fingerprint density at radius 2 is 1.40 bits per heavy atom. The molecule has 8 nitrogen and oxygen atoms in total. The van der Waals surface area contributed by atoms with E-state index < -0.39 is 41.2 Å². The van der Waals surface area contributed by atoms with Gasteiger partial charge in [0.1, 0.15) is 12.1 Å². The van der Waals surface area contributed by atoms with Gasteiger partial charge in [0.15, 0.2) is 0 Å². The molecule has 0 spiro atoms. The van der Waals surface area contributed by atoms with Gasteiger partial charge in [-0.1, -0.05) is 83.1 Å². The second-order valence-electron chi connectivity index (χ2n) is 9.07. The Hall–Kier alpha value is -3.23. The number of rotatable bonds is 10. The van der Waals surface area contributed by atoms with E-state index in [-0.39, 0.29) is 6.42 Å². The van der Waals surface area contributed by atoms with E-state index in [4.69, 9.17) is 5.21 Å². The van der Waals surface area contributed by atoms with Crippen LogP contribution in [0.25, 0.3) is 0 Å². The van der Waals surface area contributed by atoms with Gasteiger partial charge >= 0.3 is 0 Å². The summed E-state index contributed by atoms with van der Waals surface area (Å²) in [6, 6.07) is 17.6. The van der Waals surface area contributed by atoms with Crippen LogP contribution in [0.1, 0.15) is 53.0 Å². The van der Waals surface area contributed by atoms with Gasteiger partial charge in [-0.3, -0.25) is 19.6 Å². The third kappa shape index (κ3) is 9.88. The minimum atomic E-state index is -1.76. The lowest BCUT2D eigenvalue weighted by Gasteiger charge is -2.32. The molecule has 0 aliphatic rings. The van der Waals surface area contributed by atoms with Crippen molar-refractivity contribution in [3.05, 3.63) is 66.2 Å². The monoisotopic (exact) mass is 485 g/mol. The van der Waals surface area contributed by atoms with Crippen molar-refractivity contribution < 1.29 is 24.7 Å². The molecule has 0 fully saturated rings. The minimum Gasteiger partial charge on any atom is -0.382 e. The number of hydrogen-bond donors (Lipinski definition) is 5. The van der Waals surface area contributed by atoms with Crippen LogP contribution in [0.5, 0.6) is 0 Å². The fraction of sp³-hybridized carbons (Fsp3) is 0.444. The number of hydrogen-bond acceptors (Lipinski definition) is 5. The van der Waals surface area contributed by atoms with Crippen molar-refractivity contribution in [2.24, 2.45) is 11.3 Å². The molecule has 5 N–H and O–H groups in total. The highest BCUT2D eigenvalue weighted by Crippen LogP contribution is 2.23. The largest absolute Gasteiger partial charge is 0.382 e. The molecular formula is C27H39N3O5. The molecule has 0 radical (unpaired) electrons. The van der Waals surface area contributed by atoms with E-state index in [9.17, 15) is 19.5 Å². The third-order valence-electron chi connectivity index (χ3n) is 5.38. The molecule has 2 aromatic carbocycles. The Bertz CT molecular complexity index is 913. The van der Waals surface area contributed by atoms with Gasteiger partial charge in [-0.05, 0) is 42.4 Å². The predicted molar refractivity (Wildman–Crippen MR) is 137 cm³/mol. The summed E-state index contributed by atoms with van der Waals surface area (Å²) in [6.07, 6.45) is -0.403. The first-order valence-electron chi connectivity index (χ1n) is 12.0. The Morgan fingerprint density at radius 1 is 0.857 bits per heavy atom. The van der Waals surface area contributed by atoms with Crippen LogP contribution in [0, 0.1) is 11.3 Å². The van der Waals surface area contributed by atoms with Crippen molar-refractivity contribution in [2.75, 3.05) is 5.32 Å². The van der Waals surface area contributed by atoms with Crippen LogP contribution in [0.4, 0.5) is 5.69 Å². The van der Waals surface area contributed by atoms with Crippen LogP contribution in [-0.2, 0) is 20.8 Å². The summed E-state index contributed by atoms with van der Waals surface area (Å²) in [5.41, 5.74) is 2.40. The normalized spacial score (nSPS) is 13.3. The van der Waals surface area contributed by atoms with E-state index in [1.54, 1.807) is 24.3 Å². The molecule has 0 heterocycles. The SMILES string of the molecule is CC.CC(C)(C)[C@H](NC(=O)C(CCCc1ccccc1)C(O)C(=O)NO)C(=O)Nc1ccccc1. The van der Waals surface area contributed by atoms with Crippen molar-refractivity contribution in [1.29, 1.82) is 0 Å². The molecule has 3 atom stereocenters. The van der Waals surface area contributed by atoms with Crippen LogP contribution >= 0.6 is 0 Å². The number of anilines is 1. The molecule has 3 amide bonds. The number of amides is 3. The Morgan fingerprint density at radius 3 is 1.91 bits per heavy atom. The summed E-state index contributed by atoms with van der Waals surface area (Å²) in [6.45, 7) is 9.43. The maximum absolute atomic E-state index is 13.1. The number of aryl methyl sites for hydroxylation is 1. The minimum absolute atomic E-state index is 0.187. The summed E-state index contributed by atoms with van der Waals surface area (Å²) >= 11 is 0. The summed E-state index contributed by atoms with van der Waals surface area (Å²) in [7, 11) is 0. The number of nitrogens with one attached hydrogen (secondary N) is 3. The topological polar surface area (TPSA) is 128 Å². The second-order valence-corrected chi connectivity index (χ2v) is 9.07. The quantitative estimate of drug-likeness (QED) is 0.259. The summed E-state index contributed by atoms with van der Waals surface area (Å²) in [4.78, 5) is 38.0. The van der Waals surface area contributed by atoms with E-state index in [0.29, 0.717) is 18.5 Å². The van der Waals surface area contributed by atoms with E-state index >= 15 is 0 Å². The Kier molecular flexibility index (Phi) is 12.7. The lowest BCUT2D eigenvalue weighted by Crippen LogP contribution is -2.55. The van der Waals surface area contributed by atoms with Crippen molar-refractivity contribution in [1.82, 2.24) is 10.8 Å². The molecule has 8 heteroatoms. The maximum atomic E-state index is 13.1. The highest BCUT2D eigenvalue weighted by Gasteiger charge is 2.38. The average molecular weight is 486 g/mol. The smallest absolute Gasteiger partial charge is 0.272 e. The van der Waals surface area contributed by atoms with Gasteiger partial charge in [0.05, 0.1) is 5.92 Å². The predicted octanol–water partition coefficient (Wildman–Crippen LogP) is 3.69. The van der Waals surface area contributed by atoms with Crippen molar-refractivity contribution in [3.63, 3.8) is 0 Å². The molecule has 2 aromatic rings. The summed E-state index contributed by atoms with van der Waals surface area (Å²) in [5.74, 6) is -3.26. The van der Waals surface area contributed by atoms with Gasteiger partial charge < -0.3 is 15.7 Å². The molecule has 35 heavy (non-hydrogen) atoms. The first-order valence-corrected chi connectivity index (χ1v) is 12.0. The zero-order valence-corrected chi connectivity index (χ0v) is 21.2. The molecule has 0 bridgehead atoms. The van der Waals surface area contributed by atoms with Gasteiger partial charge in [0, 0.05) is 5.69 Å². The molecule has 0 saturated heterocycles.